The Morgan fingerprint density at radius 2 is 2.00 bits per heavy atom. The molecule has 0 aliphatic rings. The van der Waals surface area contributed by atoms with Crippen LogP contribution in [0.15, 0.2) is 30.3 Å². The first-order chi connectivity index (χ1) is 5.34. The topological polar surface area (TPSA) is 0 Å². The Kier molecular flexibility index (Phi) is 4.29. The van der Waals surface area contributed by atoms with Gasteiger partial charge in [0, 0.05) is 5.30 Å². The molecule has 0 aliphatic carbocycles. The smallest absolute Gasteiger partial charge is 0.0807 e. The molecular formula is C8H10ClPS. The molecule has 11 heavy (non-hydrogen) atoms. The minimum atomic E-state index is -0.487. The van der Waals surface area contributed by atoms with E-state index in [-0.39, 0.29) is 0 Å². The van der Waals surface area contributed by atoms with Crippen LogP contribution in [-0.4, -0.2) is 5.75 Å². The maximum atomic E-state index is 6.13. The van der Waals surface area contributed by atoms with E-state index >= 15 is 0 Å². The van der Waals surface area contributed by atoms with Gasteiger partial charge in [0.2, 0.25) is 0 Å². The van der Waals surface area contributed by atoms with E-state index in [0.29, 0.717) is 0 Å². The van der Waals surface area contributed by atoms with Gasteiger partial charge in [-0.05, 0) is 5.75 Å². The fourth-order valence-corrected chi connectivity index (χ4v) is 4.22. The average Bonchev–Trinajstić information content (AvgIpc) is 2.07. The van der Waals surface area contributed by atoms with Gasteiger partial charge in [-0.15, -0.1) is 11.4 Å². The van der Waals surface area contributed by atoms with Gasteiger partial charge < -0.3 is 0 Å². The summed E-state index contributed by atoms with van der Waals surface area (Å²) in [6.45, 7) is 1.64. The predicted molar refractivity (Wildman–Crippen MR) is 57.0 cm³/mol. The first-order valence-electron chi connectivity index (χ1n) is 3.48. The van der Waals surface area contributed by atoms with Crippen LogP contribution < -0.4 is 5.30 Å². The molecule has 0 fully saturated rings. The summed E-state index contributed by atoms with van der Waals surface area (Å²) in [6, 6.07) is 10.2. The Hall–Kier alpha value is 0.290. The summed E-state index contributed by atoms with van der Waals surface area (Å²) in [6.07, 6.45) is 0. The maximum absolute atomic E-state index is 6.13. The molecule has 0 saturated carbocycles. The summed E-state index contributed by atoms with van der Waals surface area (Å²) < 4.78 is 0. The van der Waals surface area contributed by atoms with E-state index < -0.39 is 6.48 Å². The second-order valence-electron chi connectivity index (χ2n) is 2.00. The quantitative estimate of drug-likeness (QED) is 0.678. The number of hydrogen-bond acceptors (Lipinski definition) is 1. The third-order valence-electron chi connectivity index (χ3n) is 1.20. The molecular weight excluding hydrogens is 195 g/mol. The van der Waals surface area contributed by atoms with Crippen molar-refractivity contribution in [3.63, 3.8) is 0 Å². The third-order valence-corrected chi connectivity index (χ3v) is 5.94. The van der Waals surface area contributed by atoms with E-state index in [2.05, 4.69) is 19.1 Å². The average molecular weight is 205 g/mol. The van der Waals surface area contributed by atoms with Crippen molar-refractivity contribution < 1.29 is 0 Å². The SMILES string of the molecule is CCSP(Cl)c1ccccc1. The van der Waals surface area contributed by atoms with Gasteiger partial charge in [0.15, 0.2) is 0 Å². The maximum Gasteiger partial charge on any atom is 0.0807 e. The molecule has 0 bridgehead atoms. The van der Waals surface area contributed by atoms with Gasteiger partial charge in [0.25, 0.3) is 0 Å². The van der Waals surface area contributed by atoms with Crippen LogP contribution in [-0.2, 0) is 0 Å². The van der Waals surface area contributed by atoms with E-state index in [0.717, 1.165) is 5.75 Å². The Morgan fingerprint density at radius 1 is 1.36 bits per heavy atom. The summed E-state index contributed by atoms with van der Waals surface area (Å²) in [5.74, 6) is 1.09. The lowest BCUT2D eigenvalue weighted by Crippen LogP contribution is -1.92. The second kappa shape index (κ2) is 5.03. The van der Waals surface area contributed by atoms with Crippen molar-refractivity contribution >= 4 is 34.4 Å². The molecule has 0 N–H and O–H groups in total. The highest BCUT2D eigenvalue weighted by Gasteiger charge is 2.04. The lowest BCUT2D eigenvalue weighted by atomic mass is 10.4. The zero-order valence-electron chi connectivity index (χ0n) is 6.33. The summed E-state index contributed by atoms with van der Waals surface area (Å²) in [7, 11) is 0. The molecule has 1 aromatic rings. The summed E-state index contributed by atoms with van der Waals surface area (Å²) in [5, 5.41) is 1.26. The molecule has 0 spiro atoms. The van der Waals surface area contributed by atoms with Crippen molar-refractivity contribution in [1.82, 2.24) is 0 Å². The van der Waals surface area contributed by atoms with Crippen LogP contribution in [0.3, 0.4) is 0 Å². The molecule has 1 unspecified atom stereocenters. The second-order valence-corrected chi connectivity index (χ2v) is 7.33. The van der Waals surface area contributed by atoms with Gasteiger partial charge in [-0.1, -0.05) is 48.5 Å². The van der Waals surface area contributed by atoms with Crippen molar-refractivity contribution in [1.29, 1.82) is 0 Å². The van der Waals surface area contributed by atoms with Crippen LogP contribution in [0.25, 0.3) is 0 Å². The van der Waals surface area contributed by atoms with Gasteiger partial charge >= 0.3 is 0 Å². The number of hydrogen-bond donors (Lipinski definition) is 0. The normalized spacial score (nSPS) is 12.9. The summed E-state index contributed by atoms with van der Waals surface area (Å²) >= 11 is 7.95. The standard InChI is InChI=1S/C8H10ClPS/c1-2-11-10(9)8-6-4-3-5-7-8/h3-7H,2H2,1H3. The molecule has 0 aromatic heterocycles. The van der Waals surface area contributed by atoms with Gasteiger partial charge in [0.05, 0.1) is 6.48 Å². The Balaban J connectivity index is 2.61. The van der Waals surface area contributed by atoms with Crippen LogP contribution in [0.1, 0.15) is 6.92 Å². The monoisotopic (exact) mass is 204 g/mol. The first-order valence-corrected chi connectivity index (χ1v) is 7.32. The molecule has 3 heteroatoms. The molecule has 0 aliphatic heterocycles. The molecule has 0 nitrogen and oxygen atoms in total. The zero-order chi connectivity index (χ0) is 8.10. The highest BCUT2D eigenvalue weighted by molar-refractivity contribution is 8.65. The lowest BCUT2D eigenvalue weighted by Gasteiger charge is -2.05. The molecule has 1 aromatic carbocycles. The van der Waals surface area contributed by atoms with E-state index in [9.17, 15) is 0 Å². The van der Waals surface area contributed by atoms with Crippen molar-refractivity contribution in [2.45, 2.75) is 6.92 Å². The number of benzene rings is 1. The van der Waals surface area contributed by atoms with E-state index in [1.54, 1.807) is 0 Å². The van der Waals surface area contributed by atoms with E-state index in [1.807, 2.05) is 29.6 Å². The summed E-state index contributed by atoms with van der Waals surface area (Å²) in [5.41, 5.74) is 0. The fourth-order valence-electron chi connectivity index (χ4n) is 0.733. The van der Waals surface area contributed by atoms with Crippen LogP contribution in [0, 0.1) is 0 Å². The Labute approximate surface area is 77.6 Å². The zero-order valence-corrected chi connectivity index (χ0v) is 8.79. The number of rotatable bonds is 3. The van der Waals surface area contributed by atoms with Crippen LogP contribution in [0.2, 0.25) is 0 Å². The fraction of sp³-hybridized carbons (Fsp3) is 0.250. The number of halogens is 1. The molecule has 0 amide bonds. The van der Waals surface area contributed by atoms with Crippen molar-refractivity contribution in [3.05, 3.63) is 30.3 Å². The minimum Gasteiger partial charge on any atom is -0.113 e. The highest BCUT2D eigenvalue weighted by Crippen LogP contribution is 2.52. The predicted octanol–water partition coefficient (Wildman–Crippen LogP) is 3.62. The van der Waals surface area contributed by atoms with Crippen LogP contribution >= 0.6 is 29.1 Å². The van der Waals surface area contributed by atoms with Crippen molar-refractivity contribution in [3.8, 4) is 0 Å². The Morgan fingerprint density at radius 3 is 2.55 bits per heavy atom. The highest BCUT2D eigenvalue weighted by atomic mass is 35.7. The van der Waals surface area contributed by atoms with Crippen molar-refractivity contribution in [2.24, 2.45) is 0 Å². The van der Waals surface area contributed by atoms with E-state index in [4.69, 9.17) is 11.2 Å². The lowest BCUT2D eigenvalue weighted by molar-refractivity contribution is 1.54. The van der Waals surface area contributed by atoms with Gasteiger partial charge in [-0.3, -0.25) is 0 Å². The molecule has 1 rings (SSSR count). The van der Waals surface area contributed by atoms with Crippen molar-refractivity contribution in [2.75, 3.05) is 5.75 Å². The van der Waals surface area contributed by atoms with E-state index in [1.165, 1.54) is 5.30 Å². The van der Waals surface area contributed by atoms with Gasteiger partial charge in [0.1, 0.15) is 0 Å². The molecule has 0 radical (unpaired) electrons. The minimum absolute atomic E-state index is 0.487. The molecule has 0 heterocycles. The van der Waals surface area contributed by atoms with Gasteiger partial charge in [-0.25, -0.2) is 0 Å². The molecule has 0 saturated heterocycles. The molecule has 1 atom stereocenters. The molecule has 60 valence electrons. The first kappa shape index (κ1) is 9.38. The Bertz CT molecular complexity index is 203. The summed E-state index contributed by atoms with van der Waals surface area (Å²) in [4.78, 5) is 0. The van der Waals surface area contributed by atoms with Gasteiger partial charge in [-0.2, -0.15) is 0 Å². The van der Waals surface area contributed by atoms with Crippen LogP contribution in [0.5, 0.6) is 0 Å². The third kappa shape index (κ3) is 3.02. The largest absolute Gasteiger partial charge is 0.113 e. The van der Waals surface area contributed by atoms with Crippen LogP contribution in [0.4, 0.5) is 0 Å².